The average Bonchev–Trinajstić information content (AvgIpc) is 3.84. The lowest BCUT2D eigenvalue weighted by molar-refractivity contribution is -0.142. The molecule has 0 spiro atoms. The van der Waals surface area contributed by atoms with E-state index >= 15 is 0 Å². The van der Waals surface area contributed by atoms with Crippen LogP contribution in [0.5, 0.6) is 0 Å². The van der Waals surface area contributed by atoms with Gasteiger partial charge in [0.2, 0.25) is 24.0 Å². The van der Waals surface area contributed by atoms with Crippen molar-refractivity contribution in [2.45, 2.75) is 157 Å². The molecule has 1 saturated heterocycles. The number of Topliss-reactive ketones (excluding diaryl/α,β-unsaturated/α-hetero) is 1. The molecule has 13 nitrogen and oxygen atoms in total. The van der Waals surface area contributed by atoms with Gasteiger partial charge in [0.15, 0.2) is 0 Å². The fraction of sp³-hybridized carbons (Fsp3) is 0.750. The van der Waals surface area contributed by atoms with Gasteiger partial charge in [0.1, 0.15) is 11.7 Å². The summed E-state index contributed by atoms with van der Waals surface area (Å²) in [7, 11) is 0. The van der Waals surface area contributed by atoms with E-state index in [2.05, 4.69) is 72.8 Å². The van der Waals surface area contributed by atoms with Gasteiger partial charge in [0, 0.05) is 31.5 Å². The highest BCUT2D eigenvalue weighted by atomic mass is 16.2. The lowest BCUT2D eigenvalue weighted by Gasteiger charge is -2.28. The number of hydrogen-bond donors (Lipinski definition) is 4. The Morgan fingerprint density at radius 3 is 2.04 bits per heavy atom. The maximum Gasteiger partial charge on any atom is 0.289 e. The first kappa shape index (κ1) is 49.1. The Hall–Kier alpha value is -3.90. The first-order valence-corrected chi connectivity index (χ1v) is 20.1. The summed E-state index contributed by atoms with van der Waals surface area (Å²) in [5.74, 6) is -0.406. The van der Waals surface area contributed by atoms with Crippen molar-refractivity contribution in [1.82, 2.24) is 36.1 Å². The van der Waals surface area contributed by atoms with Gasteiger partial charge in [-0.1, -0.05) is 93.9 Å². The largest absolute Gasteiger partial charge is 0.350 e. The molecule has 2 aliphatic carbocycles. The van der Waals surface area contributed by atoms with Gasteiger partial charge in [-0.05, 0) is 63.2 Å². The lowest BCUT2D eigenvalue weighted by atomic mass is 9.84. The van der Waals surface area contributed by atoms with Crippen LogP contribution in [0, 0.1) is 17.8 Å². The molecule has 1 aromatic heterocycles. The normalized spacial score (nSPS) is 17.2. The van der Waals surface area contributed by atoms with Gasteiger partial charge in [0.05, 0.1) is 18.8 Å². The molecule has 4 N–H and O–H groups in total. The van der Waals surface area contributed by atoms with Gasteiger partial charge in [-0.15, -0.1) is 0 Å². The number of hydrogen-bond acceptors (Lipinski definition) is 8. The van der Waals surface area contributed by atoms with Crippen LogP contribution in [0.3, 0.4) is 0 Å². The first-order chi connectivity index (χ1) is 25.4. The molecule has 3 fully saturated rings. The van der Waals surface area contributed by atoms with Gasteiger partial charge >= 0.3 is 0 Å². The predicted molar refractivity (Wildman–Crippen MR) is 210 cm³/mol. The van der Waals surface area contributed by atoms with Crippen LogP contribution in [0.2, 0.25) is 0 Å². The molecule has 1 aliphatic heterocycles. The van der Waals surface area contributed by atoms with Crippen molar-refractivity contribution < 1.29 is 28.8 Å². The van der Waals surface area contributed by atoms with Crippen molar-refractivity contribution in [2.75, 3.05) is 19.6 Å². The highest BCUT2D eigenvalue weighted by Crippen LogP contribution is 2.34. The highest BCUT2D eigenvalue weighted by molar-refractivity contribution is 6.38. The number of aromatic nitrogens is 2. The van der Waals surface area contributed by atoms with E-state index < -0.39 is 29.7 Å². The summed E-state index contributed by atoms with van der Waals surface area (Å²) < 4.78 is 0. The third-order valence-electron chi connectivity index (χ3n) is 8.38. The van der Waals surface area contributed by atoms with Gasteiger partial charge in [0.25, 0.3) is 11.8 Å². The fourth-order valence-corrected chi connectivity index (χ4v) is 5.69. The minimum absolute atomic E-state index is 0.115. The van der Waals surface area contributed by atoms with Gasteiger partial charge in [-0.3, -0.25) is 33.8 Å². The zero-order valence-electron chi connectivity index (χ0n) is 34.2. The van der Waals surface area contributed by atoms with Crippen LogP contribution in [0.4, 0.5) is 0 Å². The van der Waals surface area contributed by atoms with Crippen molar-refractivity contribution in [2.24, 2.45) is 17.8 Å². The maximum absolute atomic E-state index is 12.7. The molecule has 2 saturated carbocycles. The van der Waals surface area contributed by atoms with Crippen molar-refractivity contribution in [3.05, 3.63) is 24.3 Å². The number of nitrogens with zero attached hydrogens (tertiary/aromatic N) is 3. The molecule has 2 heterocycles. The standard InChI is InChI=1S/C18H28N4O5.C13H19N3O.C4H10.C3H8.C2H6/c1-2-7-20-18(27)16(25)13(9-12-5-6-12)21-17(26)14-4-3-8-22(14)15(24)10-19-11-23;1-10(11-5-3-2-4-6-11)16-13(17)12-9-14-7-8-15-12;1-4(2)3;1-3-2;1-2/h11-14H,2-10H2,1H3,(H,19,23)(H,20,27)(H,21,26);7-11H,2-6H2,1H3,(H,16,17);4H,1-3H3;3H2,1-2H3;1-2H3. The van der Waals surface area contributed by atoms with Crippen LogP contribution in [-0.2, 0) is 24.0 Å². The van der Waals surface area contributed by atoms with E-state index in [9.17, 15) is 28.8 Å². The molecule has 3 atom stereocenters. The Balaban J connectivity index is 0.000000883. The summed E-state index contributed by atoms with van der Waals surface area (Å²) in [6.07, 6.45) is 16.9. The Morgan fingerprint density at radius 2 is 1.51 bits per heavy atom. The van der Waals surface area contributed by atoms with Crippen LogP contribution in [0.25, 0.3) is 0 Å². The van der Waals surface area contributed by atoms with Gasteiger partial charge in [-0.25, -0.2) is 4.98 Å². The molecule has 302 valence electrons. The second kappa shape index (κ2) is 29.5. The zero-order chi connectivity index (χ0) is 40.2. The molecule has 13 heteroatoms. The molecule has 4 rings (SSSR count). The van der Waals surface area contributed by atoms with E-state index in [0.717, 1.165) is 18.8 Å². The molecule has 0 radical (unpaired) electrons. The molecule has 5 amide bonds. The second-order valence-electron chi connectivity index (χ2n) is 14.3. The van der Waals surface area contributed by atoms with E-state index in [1.807, 2.05) is 20.8 Å². The van der Waals surface area contributed by atoms with Gasteiger partial charge in [-0.2, -0.15) is 0 Å². The average molecular weight is 746 g/mol. The van der Waals surface area contributed by atoms with Crippen molar-refractivity contribution in [3.8, 4) is 0 Å². The zero-order valence-corrected chi connectivity index (χ0v) is 34.2. The number of likely N-dealkylation sites (tertiary alicyclic amines) is 1. The summed E-state index contributed by atoms with van der Waals surface area (Å²) in [4.78, 5) is 80.9. The van der Waals surface area contributed by atoms with Crippen LogP contribution in [-0.4, -0.2) is 88.4 Å². The van der Waals surface area contributed by atoms with Crippen LogP contribution in [0.15, 0.2) is 18.6 Å². The summed E-state index contributed by atoms with van der Waals surface area (Å²) in [6, 6.07) is -1.32. The van der Waals surface area contributed by atoms with E-state index in [4.69, 9.17) is 0 Å². The molecule has 3 aliphatic rings. The Kier molecular flexibility index (Phi) is 27.4. The Labute approximate surface area is 319 Å². The fourth-order valence-electron chi connectivity index (χ4n) is 5.69. The predicted octanol–water partition coefficient (Wildman–Crippen LogP) is 5.38. The quantitative estimate of drug-likeness (QED) is 0.145. The third-order valence-corrected chi connectivity index (χ3v) is 8.38. The first-order valence-electron chi connectivity index (χ1n) is 20.1. The van der Waals surface area contributed by atoms with Gasteiger partial charge < -0.3 is 26.2 Å². The van der Waals surface area contributed by atoms with E-state index in [1.165, 1.54) is 49.6 Å². The van der Waals surface area contributed by atoms with Crippen LogP contribution < -0.4 is 21.3 Å². The van der Waals surface area contributed by atoms with Crippen LogP contribution in [0.1, 0.15) is 150 Å². The minimum Gasteiger partial charge on any atom is -0.350 e. The SMILES string of the molecule is CC.CC(C)C.CC(NC(=O)c1cnccn1)C1CCCCC1.CCC.CCCNC(=O)C(=O)C(CC1CC1)NC(=O)C1CCCN1C(=O)CNC=O. The number of carbonyl (C=O) groups excluding carboxylic acids is 6. The third kappa shape index (κ3) is 21.4. The number of amides is 5. The maximum atomic E-state index is 12.7. The summed E-state index contributed by atoms with van der Waals surface area (Å²) in [5, 5.41) is 10.6. The molecular formula is C40H71N7O6. The summed E-state index contributed by atoms with van der Waals surface area (Å²) >= 11 is 0. The Bertz CT molecular complexity index is 1190. The topological polar surface area (TPSA) is 180 Å². The van der Waals surface area contributed by atoms with E-state index in [0.29, 0.717) is 62.7 Å². The second-order valence-corrected chi connectivity index (χ2v) is 14.3. The molecule has 53 heavy (non-hydrogen) atoms. The summed E-state index contributed by atoms with van der Waals surface area (Å²) in [5.41, 5.74) is 0.398. The smallest absolute Gasteiger partial charge is 0.289 e. The Morgan fingerprint density at radius 1 is 0.887 bits per heavy atom. The highest BCUT2D eigenvalue weighted by Gasteiger charge is 2.38. The van der Waals surface area contributed by atoms with Crippen molar-refractivity contribution >= 4 is 35.8 Å². The summed E-state index contributed by atoms with van der Waals surface area (Å²) in [6.45, 7) is 19.4. The van der Waals surface area contributed by atoms with Crippen molar-refractivity contribution in [1.29, 1.82) is 0 Å². The minimum atomic E-state index is -0.868. The van der Waals surface area contributed by atoms with E-state index in [-0.39, 0.29) is 24.4 Å². The molecule has 1 aromatic rings. The van der Waals surface area contributed by atoms with E-state index in [1.54, 1.807) is 12.4 Å². The number of carbonyl (C=O) groups is 6. The molecule has 0 bridgehead atoms. The van der Waals surface area contributed by atoms with Crippen molar-refractivity contribution in [3.63, 3.8) is 0 Å². The number of ketones is 1. The molecular weight excluding hydrogens is 674 g/mol. The lowest BCUT2D eigenvalue weighted by Crippen LogP contribution is -2.54. The number of rotatable bonds is 14. The van der Waals surface area contributed by atoms with Crippen LogP contribution >= 0.6 is 0 Å². The monoisotopic (exact) mass is 746 g/mol. The molecule has 0 aromatic carbocycles. The molecule has 3 unspecified atom stereocenters. The number of nitrogens with one attached hydrogen (secondary N) is 4.